The van der Waals surface area contributed by atoms with Crippen LogP contribution in [0.2, 0.25) is 0 Å². The van der Waals surface area contributed by atoms with Crippen LogP contribution >= 0.6 is 11.3 Å². The number of ether oxygens (including phenoxy) is 1. The molecule has 0 radical (unpaired) electrons. The second kappa shape index (κ2) is 5.60. The van der Waals surface area contributed by atoms with Gasteiger partial charge in [-0.25, -0.2) is 4.98 Å². The fourth-order valence-electron chi connectivity index (χ4n) is 1.23. The van der Waals surface area contributed by atoms with E-state index in [1.807, 2.05) is 6.92 Å². The van der Waals surface area contributed by atoms with E-state index in [1.165, 1.54) is 11.3 Å². The third-order valence-electron chi connectivity index (χ3n) is 1.95. The van der Waals surface area contributed by atoms with E-state index in [9.17, 15) is 9.59 Å². The maximum atomic E-state index is 11.4. The Kier molecular flexibility index (Phi) is 4.42. The van der Waals surface area contributed by atoms with Crippen LogP contribution in [0.25, 0.3) is 0 Å². The number of thiazole rings is 1. The molecule has 1 heterocycles. The van der Waals surface area contributed by atoms with Gasteiger partial charge in [0.25, 0.3) is 0 Å². The third-order valence-corrected chi connectivity index (χ3v) is 2.77. The smallest absolute Gasteiger partial charge is 0.320 e. The first-order valence-corrected chi connectivity index (χ1v) is 5.73. The second-order valence-electron chi connectivity index (χ2n) is 3.20. The monoisotopic (exact) mass is 243 g/mol. The lowest BCUT2D eigenvalue weighted by Gasteiger charge is -2.09. The molecule has 5 nitrogen and oxygen atoms in total. The maximum absolute atomic E-state index is 11.4. The summed E-state index contributed by atoms with van der Waals surface area (Å²) in [6.07, 6.45) is 0.0819. The van der Waals surface area contributed by atoms with Gasteiger partial charge in [-0.05, 0) is 13.8 Å². The number of carboxylic acids is 1. The molecular formula is C10H13NO4S. The van der Waals surface area contributed by atoms with Crippen LogP contribution in [0.3, 0.4) is 0 Å². The molecule has 0 saturated heterocycles. The number of carbonyl (C=O) groups excluding carboxylic acids is 1. The zero-order valence-electron chi connectivity index (χ0n) is 9.10. The van der Waals surface area contributed by atoms with Crippen molar-refractivity contribution in [1.82, 2.24) is 4.98 Å². The predicted octanol–water partition coefficient (Wildman–Crippen LogP) is 1.26. The largest absolute Gasteiger partial charge is 0.481 e. The van der Waals surface area contributed by atoms with E-state index in [-0.39, 0.29) is 13.0 Å². The number of hydrogen-bond donors (Lipinski definition) is 1. The van der Waals surface area contributed by atoms with Crippen molar-refractivity contribution in [2.45, 2.75) is 20.3 Å². The van der Waals surface area contributed by atoms with Crippen molar-refractivity contribution in [3.8, 4) is 0 Å². The average molecular weight is 243 g/mol. The van der Waals surface area contributed by atoms with Gasteiger partial charge in [0, 0.05) is 11.8 Å². The Bertz CT molecular complexity index is 388. The number of esters is 1. The summed E-state index contributed by atoms with van der Waals surface area (Å²) in [6, 6.07) is 0. The molecule has 0 amide bonds. The summed E-state index contributed by atoms with van der Waals surface area (Å²) in [4.78, 5) is 26.4. The predicted molar refractivity (Wildman–Crippen MR) is 58.3 cm³/mol. The number of aryl methyl sites for hydroxylation is 1. The van der Waals surface area contributed by atoms with Crippen molar-refractivity contribution >= 4 is 23.3 Å². The normalized spacial score (nSPS) is 12.1. The average Bonchev–Trinajstić information content (AvgIpc) is 2.60. The van der Waals surface area contributed by atoms with Gasteiger partial charge in [0.2, 0.25) is 0 Å². The van der Waals surface area contributed by atoms with Crippen molar-refractivity contribution in [2.75, 3.05) is 6.61 Å². The van der Waals surface area contributed by atoms with E-state index in [0.717, 1.165) is 5.01 Å². The number of aromatic nitrogens is 1. The van der Waals surface area contributed by atoms with Crippen LogP contribution in [0.5, 0.6) is 0 Å². The summed E-state index contributed by atoms with van der Waals surface area (Å²) in [7, 11) is 0. The first kappa shape index (κ1) is 12.6. The summed E-state index contributed by atoms with van der Waals surface area (Å²) in [5, 5.41) is 11.5. The van der Waals surface area contributed by atoms with Gasteiger partial charge in [0.15, 0.2) is 5.92 Å². The fourth-order valence-corrected chi connectivity index (χ4v) is 1.85. The minimum absolute atomic E-state index is 0.0819. The zero-order valence-corrected chi connectivity index (χ0v) is 9.91. The van der Waals surface area contributed by atoms with Gasteiger partial charge in [-0.15, -0.1) is 11.3 Å². The summed E-state index contributed by atoms with van der Waals surface area (Å²) in [5.41, 5.74) is 0.614. The second-order valence-corrected chi connectivity index (χ2v) is 4.27. The Morgan fingerprint density at radius 1 is 1.62 bits per heavy atom. The molecule has 0 spiro atoms. The van der Waals surface area contributed by atoms with Crippen molar-refractivity contribution < 1.29 is 19.4 Å². The highest BCUT2D eigenvalue weighted by molar-refractivity contribution is 7.09. The fraction of sp³-hybridized carbons (Fsp3) is 0.500. The summed E-state index contributed by atoms with van der Waals surface area (Å²) < 4.78 is 4.70. The SMILES string of the molecule is CCOC(=O)C(Cc1csc(C)n1)C(=O)O. The highest BCUT2D eigenvalue weighted by Gasteiger charge is 2.28. The van der Waals surface area contributed by atoms with Gasteiger partial charge >= 0.3 is 11.9 Å². The number of hydrogen-bond acceptors (Lipinski definition) is 5. The Labute approximate surface area is 97.1 Å². The van der Waals surface area contributed by atoms with Gasteiger partial charge in [-0.1, -0.05) is 0 Å². The molecule has 1 rings (SSSR count). The van der Waals surface area contributed by atoms with E-state index >= 15 is 0 Å². The maximum Gasteiger partial charge on any atom is 0.320 e. The molecule has 0 bridgehead atoms. The molecule has 1 atom stereocenters. The van der Waals surface area contributed by atoms with Crippen molar-refractivity contribution in [2.24, 2.45) is 5.92 Å². The first-order chi connectivity index (χ1) is 7.54. The number of aliphatic carboxylic acids is 1. The standard InChI is InChI=1S/C10H13NO4S/c1-3-15-10(14)8(9(12)13)4-7-5-16-6(2)11-7/h5,8H,3-4H2,1-2H3,(H,12,13). The Balaban J connectivity index is 2.72. The van der Waals surface area contributed by atoms with E-state index < -0.39 is 17.9 Å². The van der Waals surface area contributed by atoms with Gasteiger partial charge in [-0.2, -0.15) is 0 Å². The summed E-state index contributed by atoms with van der Waals surface area (Å²) in [5.74, 6) is -3.05. The zero-order chi connectivity index (χ0) is 12.1. The van der Waals surface area contributed by atoms with Crippen molar-refractivity contribution in [1.29, 1.82) is 0 Å². The minimum Gasteiger partial charge on any atom is -0.481 e. The van der Waals surface area contributed by atoms with Crippen LogP contribution < -0.4 is 0 Å². The molecule has 88 valence electrons. The number of carbonyl (C=O) groups is 2. The molecule has 6 heteroatoms. The molecule has 0 aliphatic carbocycles. The lowest BCUT2D eigenvalue weighted by atomic mass is 10.0. The molecule has 0 aliphatic heterocycles. The van der Waals surface area contributed by atoms with E-state index in [1.54, 1.807) is 12.3 Å². The van der Waals surface area contributed by atoms with Crippen LogP contribution in [0.1, 0.15) is 17.6 Å². The summed E-state index contributed by atoms with van der Waals surface area (Å²) in [6.45, 7) is 3.65. The van der Waals surface area contributed by atoms with Crippen molar-refractivity contribution in [3.05, 3.63) is 16.1 Å². The Morgan fingerprint density at radius 3 is 2.75 bits per heavy atom. The molecule has 1 aromatic heterocycles. The molecule has 0 aromatic carbocycles. The first-order valence-electron chi connectivity index (χ1n) is 4.85. The quantitative estimate of drug-likeness (QED) is 0.622. The molecule has 16 heavy (non-hydrogen) atoms. The van der Waals surface area contributed by atoms with E-state index in [0.29, 0.717) is 5.69 Å². The van der Waals surface area contributed by atoms with Crippen molar-refractivity contribution in [3.63, 3.8) is 0 Å². The third kappa shape index (κ3) is 3.30. The van der Waals surface area contributed by atoms with Crippen LogP contribution in [0, 0.1) is 12.8 Å². The highest BCUT2D eigenvalue weighted by atomic mass is 32.1. The van der Waals surface area contributed by atoms with Gasteiger partial charge in [0.05, 0.1) is 17.3 Å². The van der Waals surface area contributed by atoms with Gasteiger partial charge < -0.3 is 9.84 Å². The van der Waals surface area contributed by atoms with E-state index in [4.69, 9.17) is 9.84 Å². The Hall–Kier alpha value is -1.43. The van der Waals surface area contributed by atoms with Gasteiger partial charge in [-0.3, -0.25) is 9.59 Å². The number of nitrogens with zero attached hydrogens (tertiary/aromatic N) is 1. The molecule has 0 saturated carbocycles. The number of rotatable bonds is 5. The number of carboxylic acid groups (broad SMARTS) is 1. The topological polar surface area (TPSA) is 76.5 Å². The molecule has 1 N–H and O–H groups in total. The molecule has 0 aliphatic rings. The molecule has 1 unspecified atom stereocenters. The lowest BCUT2D eigenvalue weighted by molar-refractivity contribution is -0.158. The minimum atomic E-state index is -1.18. The molecular weight excluding hydrogens is 230 g/mol. The summed E-state index contributed by atoms with van der Waals surface area (Å²) >= 11 is 1.43. The van der Waals surface area contributed by atoms with E-state index in [2.05, 4.69) is 4.98 Å². The van der Waals surface area contributed by atoms with Crippen LogP contribution in [0.4, 0.5) is 0 Å². The van der Waals surface area contributed by atoms with Crippen LogP contribution in [-0.4, -0.2) is 28.6 Å². The molecule has 1 aromatic rings. The Morgan fingerprint density at radius 2 is 2.31 bits per heavy atom. The van der Waals surface area contributed by atoms with Crippen LogP contribution in [0.15, 0.2) is 5.38 Å². The van der Waals surface area contributed by atoms with Gasteiger partial charge in [0.1, 0.15) is 0 Å². The molecule has 0 fully saturated rings. The highest BCUT2D eigenvalue weighted by Crippen LogP contribution is 2.14. The van der Waals surface area contributed by atoms with Crippen LogP contribution in [-0.2, 0) is 20.7 Å². The lowest BCUT2D eigenvalue weighted by Crippen LogP contribution is -2.28.